The summed E-state index contributed by atoms with van der Waals surface area (Å²) in [5.74, 6) is -1.76. The van der Waals surface area contributed by atoms with Crippen LogP contribution in [0.1, 0.15) is 46.8 Å². The Hall–Kier alpha value is -3.93. The molecule has 0 spiro atoms. The van der Waals surface area contributed by atoms with Crippen molar-refractivity contribution in [2.45, 2.75) is 25.3 Å². The SMILES string of the molecule is COc1ccc([C@@H]2CCCCN2C(=O)C(=O)Nc2cncc(C(N)=O)c2)cc1C#N. The van der Waals surface area contributed by atoms with E-state index in [9.17, 15) is 19.6 Å². The van der Waals surface area contributed by atoms with E-state index in [1.165, 1.54) is 30.5 Å². The molecule has 0 aliphatic carbocycles. The van der Waals surface area contributed by atoms with Gasteiger partial charge in [0.2, 0.25) is 5.91 Å². The van der Waals surface area contributed by atoms with Crippen molar-refractivity contribution >= 4 is 23.4 Å². The van der Waals surface area contributed by atoms with Crippen molar-refractivity contribution in [1.82, 2.24) is 9.88 Å². The smallest absolute Gasteiger partial charge is 0.313 e. The number of nitrogens with zero attached hydrogens (tertiary/aromatic N) is 3. The van der Waals surface area contributed by atoms with Crippen LogP contribution in [0.4, 0.5) is 5.69 Å². The molecule has 30 heavy (non-hydrogen) atoms. The van der Waals surface area contributed by atoms with Gasteiger partial charge < -0.3 is 20.7 Å². The Morgan fingerprint density at radius 2 is 2.07 bits per heavy atom. The largest absolute Gasteiger partial charge is 0.495 e. The number of hydrogen-bond acceptors (Lipinski definition) is 6. The Morgan fingerprint density at radius 1 is 1.27 bits per heavy atom. The van der Waals surface area contributed by atoms with Crippen LogP contribution in [-0.4, -0.2) is 41.3 Å². The van der Waals surface area contributed by atoms with Gasteiger partial charge in [0.1, 0.15) is 11.8 Å². The molecule has 1 saturated heterocycles. The summed E-state index contributed by atoms with van der Waals surface area (Å²) in [6, 6.07) is 8.29. The Bertz CT molecular complexity index is 1030. The first-order valence-electron chi connectivity index (χ1n) is 9.39. The highest BCUT2D eigenvalue weighted by Gasteiger charge is 2.32. The Kier molecular flexibility index (Phi) is 6.27. The number of pyridine rings is 1. The Labute approximate surface area is 173 Å². The lowest BCUT2D eigenvalue weighted by atomic mass is 9.93. The number of rotatable bonds is 4. The first kappa shape index (κ1) is 20.8. The van der Waals surface area contributed by atoms with Gasteiger partial charge in [-0.3, -0.25) is 19.4 Å². The molecule has 0 bridgehead atoms. The third-order valence-electron chi connectivity index (χ3n) is 4.97. The van der Waals surface area contributed by atoms with E-state index in [1.807, 2.05) is 0 Å². The van der Waals surface area contributed by atoms with Gasteiger partial charge in [0.05, 0.1) is 36.2 Å². The molecule has 3 N–H and O–H groups in total. The van der Waals surface area contributed by atoms with Gasteiger partial charge in [0.25, 0.3) is 0 Å². The second kappa shape index (κ2) is 9.05. The molecule has 0 unspecified atom stereocenters. The molecule has 3 amide bonds. The number of anilines is 1. The van der Waals surface area contributed by atoms with Crippen molar-refractivity contribution in [3.05, 3.63) is 53.3 Å². The van der Waals surface area contributed by atoms with Crippen LogP contribution in [0.3, 0.4) is 0 Å². The zero-order valence-corrected chi connectivity index (χ0v) is 16.4. The normalized spacial score (nSPS) is 15.7. The van der Waals surface area contributed by atoms with Gasteiger partial charge in [-0.2, -0.15) is 5.26 Å². The lowest BCUT2D eigenvalue weighted by Gasteiger charge is -2.35. The van der Waals surface area contributed by atoms with Gasteiger partial charge in [-0.15, -0.1) is 0 Å². The van der Waals surface area contributed by atoms with Crippen LogP contribution < -0.4 is 15.8 Å². The van der Waals surface area contributed by atoms with Gasteiger partial charge in [-0.25, -0.2) is 0 Å². The van der Waals surface area contributed by atoms with Crippen LogP contribution in [0.5, 0.6) is 5.75 Å². The molecule has 1 aromatic carbocycles. The number of nitrogens with two attached hydrogens (primary N) is 1. The Morgan fingerprint density at radius 3 is 2.77 bits per heavy atom. The summed E-state index contributed by atoms with van der Waals surface area (Å²) in [7, 11) is 1.48. The molecule has 9 heteroatoms. The number of hydrogen-bond donors (Lipinski definition) is 2. The van der Waals surface area contributed by atoms with Crippen molar-refractivity contribution < 1.29 is 19.1 Å². The summed E-state index contributed by atoms with van der Waals surface area (Å²) < 4.78 is 5.18. The summed E-state index contributed by atoms with van der Waals surface area (Å²) in [6.07, 6.45) is 4.95. The van der Waals surface area contributed by atoms with E-state index < -0.39 is 17.7 Å². The van der Waals surface area contributed by atoms with Gasteiger partial charge in [0, 0.05) is 12.7 Å². The highest BCUT2D eigenvalue weighted by atomic mass is 16.5. The number of likely N-dealkylation sites (tertiary alicyclic amines) is 1. The molecule has 2 aromatic rings. The predicted octanol–water partition coefficient (Wildman–Crippen LogP) is 1.75. The molecular weight excluding hydrogens is 386 g/mol. The van der Waals surface area contributed by atoms with Crippen LogP contribution in [0.2, 0.25) is 0 Å². The van der Waals surface area contributed by atoms with Crippen LogP contribution >= 0.6 is 0 Å². The minimum Gasteiger partial charge on any atom is -0.495 e. The number of nitriles is 1. The van der Waals surface area contributed by atoms with Crippen LogP contribution in [0.15, 0.2) is 36.7 Å². The van der Waals surface area contributed by atoms with Crippen molar-refractivity contribution in [2.75, 3.05) is 19.0 Å². The van der Waals surface area contributed by atoms with Crippen molar-refractivity contribution in [3.8, 4) is 11.8 Å². The third kappa shape index (κ3) is 4.38. The summed E-state index contributed by atoms with van der Waals surface area (Å²) in [5, 5.41) is 11.8. The van der Waals surface area contributed by atoms with Crippen molar-refractivity contribution in [2.24, 2.45) is 5.73 Å². The average molecular weight is 407 g/mol. The second-order valence-electron chi connectivity index (χ2n) is 6.86. The fourth-order valence-corrected chi connectivity index (χ4v) is 3.50. The molecule has 9 nitrogen and oxygen atoms in total. The fraction of sp³-hybridized carbons (Fsp3) is 0.286. The quantitative estimate of drug-likeness (QED) is 0.741. The Balaban J connectivity index is 1.81. The van der Waals surface area contributed by atoms with E-state index >= 15 is 0 Å². The first-order valence-corrected chi connectivity index (χ1v) is 9.39. The van der Waals surface area contributed by atoms with E-state index in [1.54, 1.807) is 18.2 Å². The molecule has 1 aromatic heterocycles. The highest BCUT2D eigenvalue weighted by Crippen LogP contribution is 2.33. The highest BCUT2D eigenvalue weighted by molar-refractivity contribution is 6.39. The molecular formula is C21H21N5O4. The summed E-state index contributed by atoms with van der Waals surface area (Å²) in [5.41, 5.74) is 6.68. The monoisotopic (exact) mass is 407 g/mol. The van der Waals surface area contributed by atoms with E-state index in [2.05, 4.69) is 16.4 Å². The number of nitrogens with one attached hydrogen (secondary N) is 1. The molecule has 0 radical (unpaired) electrons. The van der Waals surface area contributed by atoms with E-state index in [-0.39, 0.29) is 17.3 Å². The second-order valence-corrected chi connectivity index (χ2v) is 6.86. The molecule has 1 aliphatic rings. The maximum absolute atomic E-state index is 12.9. The minimum atomic E-state index is -0.834. The first-order chi connectivity index (χ1) is 14.4. The predicted molar refractivity (Wildman–Crippen MR) is 107 cm³/mol. The molecule has 2 heterocycles. The van der Waals surface area contributed by atoms with Gasteiger partial charge >= 0.3 is 11.8 Å². The number of amides is 3. The molecule has 0 saturated carbocycles. The van der Waals surface area contributed by atoms with Crippen molar-refractivity contribution in [3.63, 3.8) is 0 Å². The number of carbonyl (C=O) groups excluding carboxylic acids is 3. The number of ether oxygens (including phenoxy) is 1. The molecule has 1 atom stereocenters. The number of piperidine rings is 1. The average Bonchev–Trinajstić information content (AvgIpc) is 2.78. The molecule has 154 valence electrons. The maximum Gasteiger partial charge on any atom is 0.313 e. The summed E-state index contributed by atoms with van der Waals surface area (Å²) in [4.78, 5) is 42.1. The third-order valence-corrected chi connectivity index (χ3v) is 4.97. The number of methoxy groups -OCH3 is 1. The summed E-state index contributed by atoms with van der Waals surface area (Å²) in [6.45, 7) is 0.421. The topological polar surface area (TPSA) is 138 Å². The van der Waals surface area contributed by atoms with Crippen molar-refractivity contribution in [1.29, 1.82) is 5.26 Å². The number of benzene rings is 1. The zero-order valence-electron chi connectivity index (χ0n) is 16.4. The van der Waals surface area contributed by atoms with Crippen LogP contribution in [0, 0.1) is 11.3 Å². The van der Waals surface area contributed by atoms with E-state index in [0.29, 0.717) is 24.3 Å². The number of carbonyl (C=O) groups is 3. The molecule has 1 aliphatic heterocycles. The van der Waals surface area contributed by atoms with Crippen LogP contribution in [-0.2, 0) is 9.59 Å². The molecule has 1 fully saturated rings. The van der Waals surface area contributed by atoms with Crippen LogP contribution in [0.25, 0.3) is 0 Å². The lowest BCUT2D eigenvalue weighted by Crippen LogP contribution is -2.44. The van der Waals surface area contributed by atoms with E-state index in [0.717, 1.165) is 18.4 Å². The minimum absolute atomic E-state index is 0.123. The summed E-state index contributed by atoms with van der Waals surface area (Å²) >= 11 is 0. The lowest BCUT2D eigenvalue weighted by molar-refractivity contribution is -0.145. The standard InChI is InChI=1S/C21H21N5O4/c1-30-18-6-5-13(8-14(18)10-22)17-4-2-3-7-26(17)21(29)20(28)25-16-9-15(19(23)27)11-24-12-16/h5-6,8-9,11-12,17H,2-4,7H2,1H3,(H2,23,27)(H,25,28)/t17-/m0/s1. The van der Waals surface area contributed by atoms with Gasteiger partial charge in [0.15, 0.2) is 0 Å². The van der Waals surface area contributed by atoms with Gasteiger partial charge in [-0.05, 0) is 43.0 Å². The fourth-order valence-electron chi connectivity index (χ4n) is 3.50. The number of primary amides is 1. The van der Waals surface area contributed by atoms with E-state index in [4.69, 9.17) is 10.5 Å². The van der Waals surface area contributed by atoms with Gasteiger partial charge in [-0.1, -0.05) is 6.07 Å². The maximum atomic E-state index is 12.9. The molecule has 3 rings (SSSR count). The zero-order chi connectivity index (χ0) is 21.7. The number of aromatic nitrogens is 1.